The Morgan fingerprint density at radius 2 is 0.814 bits per heavy atom. The van der Waals surface area contributed by atoms with Gasteiger partial charge in [0, 0.05) is 32.6 Å². The van der Waals surface area contributed by atoms with Crippen molar-refractivity contribution in [1.29, 1.82) is 0 Å². The number of hydrogen-bond donors (Lipinski definition) is 0. The zero-order valence-electron chi connectivity index (χ0n) is 33.0. The summed E-state index contributed by atoms with van der Waals surface area (Å²) in [6.45, 7) is 4.75. The van der Waals surface area contributed by atoms with E-state index >= 15 is 0 Å². The number of hydrogen-bond acceptors (Lipinski definition) is 0. The average molecular weight is 753 g/mol. The van der Waals surface area contributed by atoms with Crippen LogP contribution in [0, 0.1) is 0 Å². The predicted molar refractivity (Wildman–Crippen MR) is 249 cm³/mol. The van der Waals surface area contributed by atoms with E-state index in [0.29, 0.717) is 0 Å². The monoisotopic (exact) mass is 752 g/mol. The van der Waals surface area contributed by atoms with Crippen molar-refractivity contribution < 1.29 is 0 Å². The molecule has 12 rings (SSSR count). The van der Waals surface area contributed by atoms with Gasteiger partial charge in [-0.2, -0.15) is 0 Å². The van der Waals surface area contributed by atoms with Crippen LogP contribution in [0.3, 0.4) is 0 Å². The topological polar surface area (TPSA) is 9.86 Å². The van der Waals surface area contributed by atoms with E-state index in [9.17, 15) is 0 Å². The van der Waals surface area contributed by atoms with Crippen LogP contribution in [-0.4, -0.2) is 9.13 Å². The molecule has 0 atom stereocenters. The van der Waals surface area contributed by atoms with E-state index in [4.69, 9.17) is 0 Å². The highest BCUT2D eigenvalue weighted by atomic mass is 15.0. The first-order chi connectivity index (χ1) is 29.0. The second kappa shape index (κ2) is 12.8. The maximum absolute atomic E-state index is 2.50. The van der Waals surface area contributed by atoms with Crippen molar-refractivity contribution in [2.75, 3.05) is 0 Å². The molecule has 0 N–H and O–H groups in total. The quantitative estimate of drug-likeness (QED) is 0.166. The maximum atomic E-state index is 2.50. The molecule has 59 heavy (non-hydrogen) atoms. The summed E-state index contributed by atoms with van der Waals surface area (Å²) < 4.78 is 4.95. The Hall–Kier alpha value is -7.42. The van der Waals surface area contributed by atoms with Crippen LogP contribution in [0.2, 0.25) is 0 Å². The highest BCUT2D eigenvalue weighted by Gasteiger charge is 2.38. The minimum atomic E-state index is -0.124. The smallest absolute Gasteiger partial charge is 0.0541 e. The van der Waals surface area contributed by atoms with Crippen molar-refractivity contribution in [3.8, 4) is 55.9 Å². The third kappa shape index (κ3) is 5.06. The van der Waals surface area contributed by atoms with Gasteiger partial charge in [0.2, 0.25) is 0 Å². The largest absolute Gasteiger partial charge is 0.309 e. The Morgan fingerprint density at radius 1 is 0.322 bits per heavy atom. The lowest BCUT2D eigenvalue weighted by Crippen LogP contribution is -2.17. The molecule has 1 aliphatic rings. The van der Waals surface area contributed by atoms with Gasteiger partial charge in [-0.3, -0.25) is 0 Å². The van der Waals surface area contributed by atoms with Crippen molar-refractivity contribution >= 4 is 43.6 Å². The Bertz CT molecular complexity index is 3400. The second-order valence-electron chi connectivity index (χ2n) is 16.5. The molecule has 11 aromatic rings. The van der Waals surface area contributed by atoms with Crippen molar-refractivity contribution in [3.63, 3.8) is 0 Å². The summed E-state index contributed by atoms with van der Waals surface area (Å²) in [5.41, 5.74) is 19.8. The molecule has 0 radical (unpaired) electrons. The van der Waals surface area contributed by atoms with Crippen molar-refractivity contribution in [2.45, 2.75) is 19.3 Å². The molecule has 0 aliphatic heterocycles. The Morgan fingerprint density at radius 3 is 1.44 bits per heavy atom. The molecular weight excluding hydrogens is 713 g/mol. The van der Waals surface area contributed by atoms with Gasteiger partial charge < -0.3 is 9.13 Å². The number of aromatic nitrogens is 2. The molecule has 0 bridgehead atoms. The SMILES string of the molecule is CC1(C)c2ccccc2-c2cccc(-n3c4ccccc4c4cc(-c5ccc6c(c5)c5ccccc5n6-c5cc(-c6ccccc6)cc(-c6ccccc6)c5)ccc43)c21. The summed E-state index contributed by atoms with van der Waals surface area (Å²) in [5.74, 6) is 0. The molecule has 1 aliphatic carbocycles. The molecule has 0 spiro atoms. The van der Waals surface area contributed by atoms with E-state index in [1.807, 2.05) is 0 Å². The molecule has 278 valence electrons. The van der Waals surface area contributed by atoms with Crippen LogP contribution in [-0.2, 0) is 5.41 Å². The molecule has 0 saturated carbocycles. The zero-order chi connectivity index (χ0) is 39.2. The lowest BCUT2D eigenvalue weighted by atomic mass is 9.81. The molecular formula is C57H40N2. The Balaban J connectivity index is 1.03. The summed E-state index contributed by atoms with van der Waals surface area (Å²) in [7, 11) is 0. The molecule has 0 unspecified atom stereocenters. The minimum Gasteiger partial charge on any atom is -0.309 e. The van der Waals surface area contributed by atoms with Gasteiger partial charge in [-0.25, -0.2) is 0 Å². The molecule has 0 fully saturated rings. The van der Waals surface area contributed by atoms with Crippen LogP contribution in [0.25, 0.3) is 99.5 Å². The summed E-state index contributed by atoms with van der Waals surface area (Å²) in [4.78, 5) is 0. The molecule has 2 nitrogen and oxygen atoms in total. The second-order valence-corrected chi connectivity index (χ2v) is 16.5. The molecule has 0 saturated heterocycles. The van der Waals surface area contributed by atoms with Crippen LogP contribution in [0.4, 0.5) is 0 Å². The number of benzene rings is 9. The van der Waals surface area contributed by atoms with E-state index in [0.717, 1.165) is 5.69 Å². The summed E-state index contributed by atoms with van der Waals surface area (Å²) in [6.07, 6.45) is 0. The van der Waals surface area contributed by atoms with E-state index in [2.05, 4.69) is 229 Å². The molecule has 2 heterocycles. The third-order valence-corrected chi connectivity index (χ3v) is 12.9. The van der Waals surface area contributed by atoms with Crippen LogP contribution < -0.4 is 0 Å². The van der Waals surface area contributed by atoms with Crippen molar-refractivity contribution in [1.82, 2.24) is 9.13 Å². The van der Waals surface area contributed by atoms with E-state index in [1.54, 1.807) is 0 Å². The molecule has 2 heteroatoms. The number of para-hydroxylation sites is 2. The summed E-state index contributed by atoms with van der Waals surface area (Å²) >= 11 is 0. The van der Waals surface area contributed by atoms with Gasteiger partial charge >= 0.3 is 0 Å². The molecule has 2 aromatic heterocycles. The zero-order valence-corrected chi connectivity index (χ0v) is 33.0. The highest BCUT2D eigenvalue weighted by molar-refractivity contribution is 6.13. The third-order valence-electron chi connectivity index (χ3n) is 12.9. The standard InChI is InChI=1S/C57H40N2/c1-57(2)50-24-12-9-20-44(50)47-23-15-27-55(56(47)57)59-52-26-14-11-22-46(52)49-36-40(29-31-54(49)59)39-28-30-53-48(35-39)45-21-10-13-25-51(45)58(53)43-33-41(37-16-5-3-6-17-37)32-42(34-43)38-18-7-4-8-19-38/h3-36H,1-2H3. The first kappa shape index (κ1) is 33.7. The first-order valence-electron chi connectivity index (χ1n) is 20.6. The fraction of sp³-hybridized carbons (Fsp3) is 0.0526. The lowest BCUT2D eigenvalue weighted by Gasteiger charge is -2.25. The van der Waals surface area contributed by atoms with Gasteiger partial charge in [0.05, 0.1) is 27.8 Å². The Kier molecular flexibility index (Phi) is 7.31. The molecule has 0 amide bonds. The van der Waals surface area contributed by atoms with E-state index in [-0.39, 0.29) is 5.41 Å². The number of rotatable bonds is 5. The van der Waals surface area contributed by atoms with E-state index < -0.39 is 0 Å². The van der Waals surface area contributed by atoms with Crippen molar-refractivity contribution in [2.24, 2.45) is 0 Å². The Labute approximate surface area is 343 Å². The van der Waals surface area contributed by atoms with Crippen molar-refractivity contribution in [3.05, 3.63) is 217 Å². The van der Waals surface area contributed by atoms with Crippen LogP contribution in [0.1, 0.15) is 25.0 Å². The summed E-state index contributed by atoms with van der Waals surface area (Å²) in [6, 6.07) is 76.1. The average Bonchev–Trinajstić information content (AvgIpc) is 3.89. The van der Waals surface area contributed by atoms with Crippen LogP contribution in [0.5, 0.6) is 0 Å². The predicted octanol–water partition coefficient (Wildman–Crippen LogP) is 15.2. The summed E-state index contributed by atoms with van der Waals surface area (Å²) in [5, 5.41) is 5.02. The number of nitrogens with zero attached hydrogens (tertiary/aromatic N) is 2. The fourth-order valence-electron chi connectivity index (χ4n) is 10.2. The van der Waals surface area contributed by atoms with E-state index in [1.165, 1.54) is 105 Å². The van der Waals surface area contributed by atoms with Gasteiger partial charge in [-0.1, -0.05) is 159 Å². The number of fused-ring (bicyclic) bond motifs is 9. The fourth-order valence-corrected chi connectivity index (χ4v) is 10.2. The van der Waals surface area contributed by atoms with Crippen LogP contribution in [0.15, 0.2) is 206 Å². The molecule has 9 aromatic carbocycles. The van der Waals surface area contributed by atoms with Gasteiger partial charge in [-0.05, 0) is 116 Å². The van der Waals surface area contributed by atoms with Gasteiger partial charge in [-0.15, -0.1) is 0 Å². The first-order valence-corrected chi connectivity index (χ1v) is 20.6. The maximum Gasteiger partial charge on any atom is 0.0541 e. The normalized spacial score (nSPS) is 13.1. The van der Waals surface area contributed by atoms with Gasteiger partial charge in [0.15, 0.2) is 0 Å². The van der Waals surface area contributed by atoms with Gasteiger partial charge in [0.25, 0.3) is 0 Å². The van der Waals surface area contributed by atoms with Crippen LogP contribution >= 0.6 is 0 Å². The lowest BCUT2D eigenvalue weighted by molar-refractivity contribution is 0.656. The minimum absolute atomic E-state index is 0.124. The highest BCUT2D eigenvalue weighted by Crippen LogP contribution is 2.52. The van der Waals surface area contributed by atoms with Gasteiger partial charge in [0.1, 0.15) is 0 Å².